The Morgan fingerprint density at radius 3 is 2.44 bits per heavy atom. The van der Waals surface area contributed by atoms with Gasteiger partial charge in [-0.2, -0.15) is 0 Å². The minimum atomic E-state index is -3.94. The van der Waals surface area contributed by atoms with Crippen LogP contribution in [0.5, 0.6) is 17.4 Å². The number of alkyl carbamates (subject to hydrolysis) is 1. The second-order valence-electron chi connectivity index (χ2n) is 18.1. The predicted octanol–water partition coefficient (Wildman–Crippen LogP) is 6.31. The molecule has 4 amide bonds. The number of carbonyl (C=O) groups is 4. The summed E-state index contributed by atoms with van der Waals surface area (Å²) in [6, 6.07) is 10.3. The van der Waals surface area contributed by atoms with Crippen molar-refractivity contribution in [2.45, 2.75) is 114 Å². The first kappa shape index (κ1) is 44.9. The molecule has 3 fully saturated rings. The molecule has 3 heterocycles. The average Bonchev–Trinajstić information content (AvgIpc) is 4.14. The molecule has 7 atom stereocenters. The van der Waals surface area contributed by atoms with Gasteiger partial charge in [-0.3, -0.25) is 19.1 Å². The van der Waals surface area contributed by atoms with Crippen LogP contribution >= 0.6 is 11.6 Å². The van der Waals surface area contributed by atoms with E-state index in [1.54, 1.807) is 46.1 Å². The van der Waals surface area contributed by atoms with Gasteiger partial charge in [0.1, 0.15) is 40.8 Å². The smallest absolute Gasteiger partial charge is 0.408 e. The third-order valence-electron chi connectivity index (χ3n) is 12.0. The first-order chi connectivity index (χ1) is 29.3. The molecule has 62 heavy (non-hydrogen) atoms. The number of methoxy groups -OCH3 is 2. The molecule has 7 rings (SSSR count). The fourth-order valence-electron chi connectivity index (χ4n) is 8.48. The molecule has 2 aromatic carbocycles. The molecule has 2 saturated carbocycles. The standard InChI is InChI=1S/C45H56ClN5O10S/c1-25-10-8-9-11-29-23-45(29,42(54)50-62(56,57)32-14-15-32)49-39(52)36-22-31(24-51(36)41(53)38(26(2)18-25)48-43(55)61-44(3,4)5)60-40-33-16-13-30(58-6)19-28(33)21-35(47-40)27-12-17-37(59-7)34(46)20-27/h9,11-13,16-17,19-21,25-26,29,31-32,36,38H,8,10,14-15,18,22-24H2,1-7H3,(H,48,55)(H,49,52)(H,50,54)/b11-9-/t25-,26-,29-,31-,36+,38+,45-/m1/s1. The number of nitrogens with one attached hydrogen (secondary N) is 3. The van der Waals surface area contributed by atoms with Gasteiger partial charge in [-0.25, -0.2) is 18.2 Å². The summed E-state index contributed by atoms with van der Waals surface area (Å²) in [7, 11) is -0.843. The summed E-state index contributed by atoms with van der Waals surface area (Å²) < 4.78 is 51.4. The summed E-state index contributed by atoms with van der Waals surface area (Å²) >= 11 is 6.53. The average molecular weight is 894 g/mol. The van der Waals surface area contributed by atoms with Gasteiger partial charge in [-0.1, -0.05) is 37.6 Å². The highest BCUT2D eigenvalue weighted by molar-refractivity contribution is 7.91. The molecular weight excluding hydrogens is 838 g/mol. The van der Waals surface area contributed by atoms with Crippen LogP contribution in [0.4, 0.5) is 4.79 Å². The minimum absolute atomic E-state index is 0.0159. The van der Waals surface area contributed by atoms with Gasteiger partial charge in [0.25, 0.3) is 5.91 Å². The van der Waals surface area contributed by atoms with Crippen LogP contribution in [0, 0.1) is 17.8 Å². The highest BCUT2D eigenvalue weighted by Crippen LogP contribution is 2.46. The van der Waals surface area contributed by atoms with E-state index in [0.29, 0.717) is 58.8 Å². The molecule has 15 nitrogen and oxygen atoms in total. The van der Waals surface area contributed by atoms with E-state index in [1.165, 1.54) is 12.0 Å². The van der Waals surface area contributed by atoms with E-state index in [0.717, 1.165) is 11.8 Å². The van der Waals surface area contributed by atoms with Crippen molar-refractivity contribution in [3.63, 3.8) is 0 Å². The normalized spacial score (nSPS) is 27.4. The molecule has 334 valence electrons. The summed E-state index contributed by atoms with van der Waals surface area (Å²) in [5.41, 5.74) is -1.20. The zero-order valence-corrected chi connectivity index (χ0v) is 37.7. The maximum Gasteiger partial charge on any atom is 0.408 e. The predicted molar refractivity (Wildman–Crippen MR) is 233 cm³/mol. The highest BCUT2D eigenvalue weighted by atomic mass is 35.5. The number of ether oxygens (including phenoxy) is 4. The van der Waals surface area contributed by atoms with Crippen LogP contribution in [0.25, 0.3) is 22.0 Å². The van der Waals surface area contributed by atoms with Crippen molar-refractivity contribution in [2.75, 3.05) is 20.8 Å². The second-order valence-corrected chi connectivity index (χ2v) is 20.5. The fourth-order valence-corrected chi connectivity index (χ4v) is 10.1. The Labute approximate surface area is 367 Å². The summed E-state index contributed by atoms with van der Waals surface area (Å²) in [6.07, 6.45) is 5.29. The van der Waals surface area contributed by atoms with Gasteiger partial charge >= 0.3 is 6.09 Å². The number of halogens is 1. The van der Waals surface area contributed by atoms with Crippen LogP contribution in [0.2, 0.25) is 5.02 Å². The Morgan fingerprint density at radius 1 is 1.00 bits per heavy atom. The zero-order valence-electron chi connectivity index (χ0n) is 36.2. The number of benzene rings is 2. The van der Waals surface area contributed by atoms with Gasteiger partial charge < -0.3 is 34.5 Å². The topological polar surface area (TPSA) is 192 Å². The second kappa shape index (κ2) is 17.6. The maximum atomic E-state index is 15.0. The molecule has 2 aliphatic heterocycles. The number of carbonyl (C=O) groups excluding carboxylic acids is 4. The van der Waals surface area contributed by atoms with E-state index in [4.69, 9.17) is 35.5 Å². The summed E-state index contributed by atoms with van der Waals surface area (Å²) in [5.74, 6) is -1.40. The Kier molecular flexibility index (Phi) is 12.7. The molecule has 0 spiro atoms. The van der Waals surface area contributed by atoms with Crippen molar-refractivity contribution < 1.29 is 46.5 Å². The van der Waals surface area contributed by atoms with Crippen LogP contribution < -0.4 is 29.6 Å². The number of amides is 4. The monoisotopic (exact) mass is 893 g/mol. The van der Waals surface area contributed by atoms with E-state index in [-0.39, 0.29) is 37.1 Å². The molecule has 0 bridgehead atoms. The number of hydrogen-bond acceptors (Lipinski definition) is 11. The Bertz CT molecular complexity index is 2380. The number of allylic oxidation sites excluding steroid dienone is 1. The number of hydrogen-bond donors (Lipinski definition) is 3. The van der Waals surface area contributed by atoms with Crippen molar-refractivity contribution in [2.24, 2.45) is 17.8 Å². The van der Waals surface area contributed by atoms with Crippen LogP contribution in [0.15, 0.2) is 54.6 Å². The first-order valence-electron chi connectivity index (χ1n) is 21.1. The number of pyridine rings is 1. The number of nitrogens with zero attached hydrogens (tertiary/aromatic N) is 2. The zero-order chi connectivity index (χ0) is 44.7. The molecule has 3 aromatic rings. The van der Waals surface area contributed by atoms with E-state index in [1.807, 2.05) is 43.3 Å². The SMILES string of the molecule is COc1ccc2c(O[C@@H]3C[C@H]4C(=O)N[C@]5(C(=O)NS(=O)(=O)C6CC6)C[C@H]5/C=C\CC[C@@H](C)C[C@@H](C)[C@H](NC(=O)OC(C)(C)C)C(=O)N4C3)nc(-c3ccc(OC)c(Cl)c3)cc2c1. The quantitative estimate of drug-likeness (QED) is 0.204. The van der Waals surface area contributed by atoms with Crippen molar-refractivity contribution in [3.05, 3.63) is 59.6 Å². The lowest BCUT2D eigenvalue weighted by Crippen LogP contribution is -2.59. The number of fused-ring (bicyclic) bond motifs is 3. The van der Waals surface area contributed by atoms with E-state index in [9.17, 15) is 22.8 Å². The highest BCUT2D eigenvalue weighted by Gasteiger charge is 2.62. The Balaban J connectivity index is 1.27. The van der Waals surface area contributed by atoms with Crippen molar-refractivity contribution in [3.8, 4) is 28.6 Å². The molecule has 1 saturated heterocycles. The third-order valence-corrected chi connectivity index (χ3v) is 14.1. The van der Waals surface area contributed by atoms with Gasteiger partial charge in [0.2, 0.25) is 27.7 Å². The lowest BCUT2D eigenvalue weighted by atomic mass is 9.88. The molecule has 0 radical (unpaired) electrons. The summed E-state index contributed by atoms with van der Waals surface area (Å²) in [5, 5.41) is 6.84. The van der Waals surface area contributed by atoms with Gasteiger partial charge in [0.05, 0.1) is 36.7 Å². The molecule has 1 aromatic heterocycles. The van der Waals surface area contributed by atoms with E-state index in [2.05, 4.69) is 22.3 Å². The Morgan fingerprint density at radius 2 is 1.76 bits per heavy atom. The largest absolute Gasteiger partial charge is 0.497 e. The fraction of sp³-hybridized carbons (Fsp3) is 0.533. The number of rotatable bonds is 9. The van der Waals surface area contributed by atoms with E-state index >= 15 is 4.79 Å². The minimum Gasteiger partial charge on any atom is -0.497 e. The van der Waals surface area contributed by atoms with Crippen LogP contribution in [-0.4, -0.2) is 97.5 Å². The maximum absolute atomic E-state index is 15.0. The van der Waals surface area contributed by atoms with Crippen LogP contribution in [-0.2, 0) is 29.1 Å². The molecule has 4 aliphatic rings. The first-order valence-corrected chi connectivity index (χ1v) is 23.1. The van der Waals surface area contributed by atoms with Crippen molar-refractivity contribution in [1.29, 1.82) is 0 Å². The lowest BCUT2D eigenvalue weighted by Gasteiger charge is -2.33. The van der Waals surface area contributed by atoms with Crippen molar-refractivity contribution in [1.82, 2.24) is 25.2 Å². The molecule has 0 unspecified atom stereocenters. The number of sulfonamides is 1. The van der Waals surface area contributed by atoms with Gasteiger partial charge in [0, 0.05) is 23.3 Å². The van der Waals surface area contributed by atoms with Crippen LogP contribution in [0.1, 0.15) is 79.6 Å². The Hall–Kier alpha value is -5.09. The molecular formula is C45H56ClN5O10S. The van der Waals surface area contributed by atoms with Crippen LogP contribution in [0.3, 0.4) is 0 Å². The van der Waals surface area contributed by atoms with Gasteiger partial charge in [0.15, 0.2) is 0 Å². The van der Waals surface area contributed by atoms with E-state index < -0.39 is 74.3 Å². The summed E-state index contributed by atoms with van der Waals surface area (Å²) in [4.78, 5) is 63.3. The summed E-state index contributed by atoms with van der Waals surface area (Å²) in [6.45, 7) is 9.06. The van der Waals surface area contributed by atoms with Crippen molar-refractivity contribution >= 4 is 56.2 Å². The molecule has 3 N–H and O–H groups in total. The molecule has 2 aliphatic carbocycles. The number of aromatic nitrogens is 1. The van der Waals surface area contributed by atoms with Gasteiger partial charge in [-0.05, 0) is 119 Å². The third kappa shape index (κ3) is 9.91. The lowest BCUT2D eigenvalue weighted by molar-refractivity contribution is -0.142. The molecule has 17 heteroatoms. The van der Waals surface area contributed by atoms with Gasteiger partial charge in [-0.15, -0.1) is 0 Å².